The molecular formula is C14H15Cl2N3O2. The zero-order chi connectivity index (χ0) is 15.2. The first-order chi connectivity index (χ1) is 10.1. The van der Waals surface area contributed by atoms with Gasteiger partial charge in [-0.25, -0.2) is 4.98 Å². The minimum absolute atomic E-state index is 0.102. The predicted molar refractivity (Wildman–Crippen MR) is 81.7 cm³/mol. The second kappa shape index (κ2) is 7.33. The highest BCUT2D eigenvalue weighted by molar-refractivity contribution is 6.42. The summed E-state index contributed by atoms with van der Waals surface area (Å²) in [6, 6.07) is 4.69. The highest BCUT2D eigenvalue weighted by atomic mass is 35.5. The van der Waals surface area contributed by atoms with E-state index in [1.54, 1.807) is 30.6 Å². The van der Waals surface area contributed by atoms with Crippen molar-refractivity contribution in [1.82, 2.24) is 15.3 Å². The fourth-order valence-corrected chi connectivity index (χ4v) is 2.07. The van der Waals surface area contributed by atoms with Gasteiger partial charge in [-0.15, -0.1) is 0 Å². The summed E-state index contributed by atoms with van der Waals surface area (Å²) in [4.78, 5) is 19.0. The van der Waals surface area contributed by atoms with Crippen LogP contribution >= 0.6 is 23.2 Å². The van der Waals surface area contributed by atoms with E-state index in [0.29, 0.717) is 15.8 Å². The molecule has 0 aliphatic heterocycles. The largest absolute Gasteiger partial charge is 0.484 e. The second-order valence-corrected chi connectivity index (χ2v) is 5.18. The number of hydrogen-bond donors (Lipinski definition) is 2. The van der Waals surface area contributed by atoms with Crippen molar-refractivity contribution in [2.45, 2.75) is 19.4 Å². The normalized spacial score (nSPS) is 12.0. The zero-order valence-electron chi connectivity index (χ0n) is 11.4. The molecular weight excluding hydrogens is 313 g/mol. The van der Waals surface area contributed by atoms with Crippen molar-refractivity contribution < 1.29 is 9.53 Å². The molecule has 0 saturated carbocycles. The van der Waals surface area contributed by atoms with E-state index in [1.165, 1.54) is 0 Å². The summed E-state index contributed by atoms with van der Waals surface area (Å²) >= 11 is 11.7. The van der Waals surface area contributed by atoms with Crippen molar-refractivity contribution in [3.63, 3.8) is 0 Å². The van der Waals surface area contributed by atoms with Gasteiger partial charge in [0, 0.05) is 18.5 Å². The molecule has 21 heavy (non-hydrogen) atoms. The first-order valence-corrected chi connectivity index (χ1v) is 7.22. The van der Waals surface area contributed by atoms with Gasteiger partial charge in [0.05, 0.1) is 16.1 Å². The summed E-state index contributed by atoms with van der Waals surface area (Å²) in [5.41, 5.74) is 0. The van der Waals surface area contributed by atoms with Crippen LogP contribution in [0.1, 0.15) is 25.2 Å². The summed E-state index contributed by atoms with van der Waals surface area (Å²) in [6.07, 6.45) is 4.10. The Bertz CT molecular complexity index is 602. The molecule has 112 valence electrons. The van der Waals surface area contributed by atoms with Crippen LogP contribution in [-0.4, -0.2) is 22.5 Å². The number of H-pyrrole nitrogens is 1. The van der Waals surface area contributed by atoms with Crippen LogP contribution in [0.15, 0.2) is 30.6 Å². The third kappa shape index (κ3) is 4.37. The number of carbonyl (C=O) groups excluding carboxylic acids is 1. The van der Waals surface area contributed by atoms with E-state index in [4.69, 9.17) is 27.9 Å². The minimum Gasteiger partial charge on any atom is -0.484 e. The van der Waals surface area contributed by atoms with Gasteiger partial charge in [-0.3, -0.25) is 4.79 Å². The molecule has 0 saturated heterocycles. The second-order valence-electron chi connectivity index (χ2n) is 4.37. The topological polar surface area (TPSA) is 67.0 Å². The number of imidazole rings is 1. The number of ether oxygens (including phenoxy) is 1. The van der Waals surface area contributed by atoms with E-state index in [0.717, 1.165) is 12.2 Å². The van der Waals surface area contributed by atoms with E-state index in [9.17, 15) is 4.79 Å². The summed E-state index contributed by atoms with van der Waals surface area (Å²) in [5, 5.41) is 3.68. The van der Waals surface area contributed by atoms with Crippen molar-refractivity contribution in [2.75, 3.05) is 6.61 Å². The Balaban J connectivity index is 1.88. The Morgan fingerprint density at radius 2 is 2.24 bits per heavy atom. The lowest BCUT2D eigenvalue weighted by Crippen LogP contribution is -2.32. The number of amides is 1. The molecule has 1 aromatic carbocycles. The van der Waals surface area contributed by atoms with Gasteiger partial charge in [-0.2, -0.15) is 0 Å². The van der Waals surface area contributed by atoms with Crippen molar-refractivity contribution in [3.8, 4) is 5.75 Å². The lowest BCUT2D eigenvalue weighted by molar-refractivity contribution is -0.123. The number of carbonyl (C=O) groups is 1. The smallest absolute Gasteiger partial charge is 0.258 e. The fraction of sp³-hybridized carbons (Fsp3) is 0.286. The van der Waals surface area contributed by atoms with Crippen LogP contribution < -0.4 is 10.1 Å². The highest BCUT2D eigenvalue weighted by Crippen LogP contribution is 2.26. The predicted octanol–water partition coefficient (Wildman–Crippen LogP) is 3.36. The van der Waals surface area contributed by atoms with Crippen LogP contribution in [0.4, 0.5) is 0 Å². The average molecular weight is 328 g/mol. The summed E-state index contributed by atoms with van der Waals surface area (Å²) in [6.45, 7) is 1.86. The van der Waals surface area contributed by atoms with E-state index < -0.39 is 0 Å². The minimum atomic E-state index is -0.232. The first-order valence-electron chi connectivity index (χ1n) is 6.46. The molecule has 0 fully saturated rings. The summed E-state index contributed by atoms with van der Waals surface area (Å²) in [7, 11) is 0. The van der Waals surface area contributed by atoms with Gasteiger partial charge in [0.1, 0.15) is 11.6 Å². The molecule has 0 spiro atoms. The van der Waals surface area contributed by atoms with Crippen LogP contribution in [0.3, 0.4) is 0 Å². The summed E-state index contributed by atoms with van der Waals surface area (Å²) in [5.74, 6) is 0.982. The maximum Gasteiger partial charge on any atom is 0.258 e. The number of rotatable bonds is 6. The summed E-state index contributed by atoms with van der Waals surface area (Å²) < 4.78 is 5.38. The van der Waals surface area contributed by atoms with Gasteiger partial charge < -0.3 is 15.0 Å². The SMILES string of the molecule is CCC(NC(=O)COc1ccc(Cl)c(Cl)c1)c1ncc[nH]1. The molecule has 7 heteroatoms. The van der Waals surface area contributed by atoms with E-state index in [2.05, 4.69) is 15.3 Å². The zero-order valence-corrected chi connectivity index (χ0v) is 12.9. The lowest BCUT2D eigenvalue weighted by atomic mass is 10.2. The van der Waals surface area contributed by atoms with Crippen molar-refractivity contribution >= 4 is 29.1 Å². The number of nitrogens with one attached hydrogen (secondary N) is 2. The average Bonchev–Trinajstić information content (AvgIpc) is 3.00. The molecule has 2 aromatic rings. The number of benzene rings is 1. The number of nitrogens with zero attached hydrogens (tertiary/aromatic N) is 1. The van der Waals surface area contributed by atoms with Crippen molar-refractivity contribution in [2.24, 2.45) is 0 Å². The van der Waals surface area contributed by atoms with Gasteiger partial charge in [0.2, 0.25) is 0 Å². The molecule has 1 atom stereocenters. The molecule has 0 aliphatic rings. The van der Waals surface area contributed by atoms with E-state index in [-0.39, 0.29) is 18.6 Å². The number of halogens is 2. The molecule has 1 heterocycles. The standard InChI is InChI=1S/C14H15Cl2N3O2/c1-2-12(14-17-5-6-18-14)19-13(20)8-21-9-3-4-10(15)11(16)7-9/h3-7,12H,2,8H2,1H3,(H,17,18)(H,19,20). The van der Waals surface area contributed by atoms with Crippen LogP contribution in [0.5, 0.6) is 5.75 Å². The monoisotopic (exact) mass is 327 g/mol. The molecule has 1 aromatic heterocycles. The molecule has 2 rings (SSSR count). The molecule has 1 amide bonds. The van der Waals surface area contributed by atoms with Crippen molar-refractivity contribution in [3.05, 3.63) is 46.5 Å². The van der Waals surface area contributed by atoms with Crippen molar-refractivity contribution in [1.29, 1.82) is 0 Å². The Kier molecular flexibility index (Phi) is 5.47. The number of aromatic amines is 1. The highest BCUT2D eigenvalue weighted by Gasteiger charge is 2.15. The maximum atomic E-state index is 11.9. The Hall–Kier alpha value is -1.72. The van der Waals surface area contributed by atoms with E-state index in [1.807, 2.05) is 6.92 Å². The molecule has 2 N–H and O–H groups in total. The molecule has 0 aliphatic carbocycles. The van der Waals surface area contributed by atoms with Gasteiger partial charge >= 0.3 is 0 Å². The van der Waals surface area contributed by atoms with Gasteiger partial charge in [0.15, 0.2) is 6.61 Å². The van der Waals surface area contributed by atoms with Crippen LogP contribution in [0.25, 0.3) is 0 Å². The van der Waals surface area contributed by atoms with Gasteiger partial charge in [-0.05, 0) is 18.6 Å². The molecule has 0 radical (unpaired) electrons. The quantitative estimate of drug-likeness (QED) is 0.854. The van der Waals surface area contributed by atoms with E-state index >= 15 is 0 Å². The molecule has 0 bridgehead atoms. The van der Waals surface area contributed by atoms with Gasteiger partial charge in [-0.1, -0.05) is 30.1 Å². The van der Waals surface area contributed by atoms with Crippen LogP contribution in [-0.2, 0) is 4.79 Å². The Labute approximate surface area is 132 Å². The Morgan fingerprint density at radius 3 is 2.86 bits per heavy atom. The number of aromatic nitrogens is 2. The fourth-order valence-electron chi connectivity index (χ4n) is 1.78. The van der Waals surface area contributed by atoms with Crippen LogP contribution in [0, 0.1) is 0 Å². The maximum absolute atomic E-state index is 11.9. The molecule has 5 nitrogen and oxygen atoms in total. The number of hydrogen-bond acceptors (Lipinski definition) is 3. The Morgan fingerprint density at radius 1 is 1.43 bits per heavy atom. The third-order valence-corrected chi connectivity index (χ3v) is 3.59. The first kappa shape index (κ1) is 15.7. The van der Waals surface area contributed by atoms with Crippen LogP contribution in [0.2, 0.25) is 10.0 Å². The van der Waals surface area contributed by atoms with Gasteiger partial charge in [0.25, 0.3) is 5.91 Å². The molecule has 1 unspecified atom stereocenters. The third-order valence-electron chi connectivity index (χ3n) is 2.85. The lowest BCUT2D eigenvalue weighted by Gasteiger charge is -2.15.